The number of hydrogen-bond acceptors (Lipinski definition) is 4. The average molecular weight is 297 g/mol. The molecule has 1 aromatic carbocycles. The van der Waals surface area contributed by atoms with Gasteiger partial charge in [-0.15, -0.1) is 4.72 Å². The first-order chi connectivity index (χ1) is 9.29. The molecule has 0 amide bonds. The Morgan fingerprint density at radius 1 is 1.45 bits per heavy atom. The summed E-state index contributed by atoms with van der Waals surface area (Å²) < 4.78 is 19.7. The molecule has 1 rings (SSSR count). The molecule has 0 aliphatic heterocycles. The van der Waals surface area contributed by atoms with Crippen molar-refractivity contribution in [3.05, 3.63) is 35.4 Å². The van der Waals surface area contributed by atoms with Crippen molar-refractivity contribution in [2.45, 2.75) is 44.9 Å². The highest BCUT2D eigenvalue weighted by atomic mass is 32.2. The maximum Gasteiger partial charge on any atom is 0.337 e. The minimum atomic E-state index is -1.15. The van der Waals surface area contributed by atoms with Crippen molar-refractivity contribution in [2.24, 2.45) is 0 Å². The predicted molar refractivity (Wildman–Crippen MR) is 81.8 cm³/mol. The summed E-state index contributed by atoms with van der Waals surface area (Å²) in [6, 6.07) is 7.18. The van der Waals surface area contributed by atoms with Gasteiger partial charge in [-0.3, -0.25) is 0 Å². The van der Waals surface area contributed by atoms with E-state index in [9.17, 15) is 9.35 Å². The quantitative estimate of drug-likeness (QED) is 0.670. The van der Waals surface area contributed by atoms with Crippen LogP contribution in [-0.2, 0) is 16.1 Å². The molecule has 0 radical (unpaired) electrons. The molecule has 0 aliphatic carbocycles. The zero-order valence-electron chi connectivity index (χ0n) is 12.7. The van der Waals surface area contributed by atoms with E-state index in [1.807, 2.05) is 39.8 Å². The van der Waals surface area contributed by atoms with Crippen LogP contribution in [0, 0.1) is 0 Å². The molecule has 0 bridgehead atoms. The van der Waals surface area contributed by atoms with Crippen molar-refractivity contribution in [1.82, 2.24) is 4.72 Å². The van der Waals surface area contributed by atoms with Gasteiger partial charge in [0.1, 0.15) is 4.75 Å². The zero-order valence-corrected chi connectivity index (χ0v) is 13.5. The molecule has 0 saturated heterocycles. The third-order valence-electron chi connectivity index (χ3n) is 2.92. The molecule has 112 valence electrons. The summed E-state index contributed by atoms with van der Waals surface area (Å²) in [4.78, 5) is 11.6. The summed E-state index contributed by atoms with van der Waals surface area (Å²) in [6.45, 7) is 7.79. The van der Waals surface area contributed by atoms with Crippen LogP contribution in [0.5, 0.6) is 0 Å². The van der Waals surface area contributed by atoms with E-state index in [4.69, 9.17) is 4.74 Å². The Morgan fingerprint density at radius 2 is 2.10 bits per heavy atom. The summed E-state index contributed by atoms with van der Waals surface area (Å²) in [5.74, 6) is -0.362. The summed E-state index contributed by atoms with van der Waals surface area (Å²) in [7, 11) is 1.36. The second kappa shape index (κ2) is 7.11. The minimum Gasteiger partial charge on any atom is -0.598 e. The largest absolute Gasteiger partial charge is 0.598 e. The Hall–Kier alpha value is -1.04. The number of nitrogens with one attached hydrogen (secondary N) is 1. The lowest BCUT2D eigenvalue weighted by atomic mass is 10.0. The Balaban J connectivity index is 2.93. The molecule has 1 aromatic rings. The molecule has 5 heteroatoms. The average Bonchev–Trinajstić information content (AvgIpc) is 2.42. The minimum absolute atomic E-state index is 0.0559. The van der Waals surface area contributed by atoms with Gasteiger partial charge in [-0.05, 0) is 44.9 Å². The standard InChI is InChI=1S/C15H23NO3S/c1-6-13(16-20(18)15(2,3)4)11-8-7-9-12(10-11)14(17)19-5/h7-10,13,16H,6H2,1-5H3/t13-,20?/m1/s1. The molecule has 1 N–H and O–H groups in total. The van der Waals surface area contributed by atoms with Crippen LogP contribution in [0.4, 0.5) is 0 Å². The molecule has 20 heavy (non-hydrogen) atoms. The van der Waals surface area contributed by atoms with Gasteiger partial charge in [0, 0.05) is 11.4 Å². The fourth-order valence-electron chi connectivity index (χ4n) is 1.69. The molecular weight excluding hydrogens is 274 g/mol. The molecule has 2 atom stereocenters. The first-order valence-electron chi connectivity index (χ1n) is 6.66. The van der Waals surface area contributed by atoms with Crippen LogP contribution in [0.25, 0.3) is 0 Å². The molecule has 4 nitrogen and oxygen atoms in total. The first kappa shape index (κ1) is 17.0. The summed E-state index contributed by atoms with van der Waals surface area (Å²) >= 11 is -1.15. The molecule has 0 aromatic heterocycles. The van der Waals surface area contributed by atoms with Crippen molar-refractivity contribution >= 4 is 17.3 Å². The molecule has 0 spiro atoms. The van der Waals surface area contributed by atoms with E-state index in [1.54, 1.807) is 12.1 Å². The molecular formula is C15H23NO3S. The van der Waals surface area contributed by atoms with Crippen LogP contribution in [0.15, 0.2) is 24.3 Å². The van der Waals surface area contributed by atoms with Crippen LogP contribution in [0.2, 0.25) is 0 Å². The number of carbonyl (C=O) groups is 1. The van der Waals surface area contributed by atoms with E-state index in [1.165, 1.54) is 7.11 Å². The first-order valence-corrected chi connectivity index (χ1v) is 7.81. The van der Waals surface area contributed by atoms with Crippen LogP contribution >= 0.6 is 0 Å². The van der Waals surface area contributed by atoms with Gasteiger partial charge in [0.2, 0.25) is 0 Å². The Bertz CT molecular complexity index is 457. The van der Waals surface area contributed by atoms with Gasteiger partial charge in [0.05, 0.1) is 18.7 Å². The number of hydrogen-bond donors (Lipinski definition) is 1. The maximum atomic E-state index is 12.2. The highest BCUT2D eigenvalue weighted by Crippen LogP contribution is 2.23. The molecule has 0 heterocycles. The third-order valence-corrected chi connectivity index (χ3v) is 4.53. The topological polar surface area (TPSA) is 61.4 Å². The van der Waals surface area contributed by atoms with Crippen LogP contribution in [0.1, 0.15) is 56.1 Å². The molecule has 0 aliphatic rings. The maximum absolute atomic E-state index is 12.2. The predicted octanol–water partition coefficient (Wildman–Crippen LogP) is 2.98. The highest BCUT2D eigenvalue weighted by Gasteiger charge is 2.29. The summed E-state index contributed by atoms with van der Waals surface area (Å²) in [5, 5.41) is 0. The zero-order chi connectivity index (χ0) is 15.3. The van der Waals surface area contributed by atoms with Crippen molar-refractivity contribution in [3.8, 4) is 0 Å². The SMILES string of the molecule is CC[C@@H](N[S+]([O-])C(C)(C)C)c1cccc(C(=O)OC)c1. The number of ether oxygens (including phenoxy) is 1. The van der Waals surface area contributed by atoms with E-state index >= 15 is 0 Å². The lowest BCUT2D eigenvalue weighted by Crippen LogP contribution is -2.41. The van der Waals surface area contributed by atoms with Gasteiger partial charge in [-0.25, -0.2) is 4.79 Å². The number of benzene rings is 1. The molecule has 1 unspecified atom stereocenters. The number of carbonyl (C=O) groups excluding carboxylic acids is 1. The smallest absolute Gasteiger partial charge is 0.337 e. The Morgan fingerprint density at radius 3 is 2.60 bits per heavy atom. The second-order valence-electron chi connectivity index (χ2n) is 5.58. The molecule has 0 saturated carbocycles. The molecule has 0 fully saturated rings. The Kier molecular flexibility index (Phi) is 6.05. The van der Waals surface area contributed by atoms with Gasteiger partial charge >= 0.3 is 5.97 Å². The second-order valence-corrected chi connectivity index (χ2v) is 7.57. The van der Waals surface area contributed by atoms with Crippen molar-refractivity contribution in [1.29, 1.82) is 0 Å². The van der Waals surface area contributed by atoms with E-state index in [2.05, 4.69) is 4.72 Å². The van der Waals surface area contributed by atoms with Gasteiger partial charge < -0.3 is 9.29 Å². The van der Waals surface area contributed by atoms with Gasteiger partial charge in [0.15, 0.2) is 0 Å². The normalized spacial score (nSPS) is 14.7. The summed E-state index contributed by atoms with van der Waals surface area (Å²) in [5.41, 5.74) is 1.44. The van der Waals surface area contributed by atoms with E-state index in [0.717, 1.165) is 12.0 Å². The fourth-order valence-corrected chi connectivity index (χ4v) is 2.61. The lowest BCUT2D eigenvalue weighted by molar-refractivity contribution is 0.0600. The monoisotopic (exact) mass is 297 g/mol. The van der Waals surface area contributed by atoms with Crippen LogP contribution in [0.3, 0.4) is 0 Å². The van der Waals surface area contributed by atoms with Crippen molar-refractivity contribution in [3.63, 3.8) is 0 Å². The van der Waals surface area contributed by atoms with Crippen molar-refractivity contribution in [2.75, 3.05) is 7.11 Å². The van der Waals surface area contributed by atoms with E-state index in [-0.39, 0.29) is 16.8 Å². The van der Waals surface area contributed by atoms with Crippen LogP contribution in [-0.4, -0.2) is 22.4 Å². The number of methoxy groups -OCH3 is 1. The van der Waals surface area contributed by atoms with Gasteiger partial charge in [-0.1, -0.05) is 19.1 Å². The van der Waals surface area contributed by atoms with Crippen molar-refractivity contribution < 1.29 is 14.1 Å². The Labute approximate surface area is 124 Å². The number of rotatable bonds is 5. The van der Waals surface area contributed by atoms with Gasteiger partial charge in [0.25, 0.3) is 0 Å². The number of esters is 1. The van der Waals surface area contributed by atoms with Gasteiger partial charge in [-0.2, -0.15) is 0 Å². The fraction of sp³-hybridized carbons (Fsp3) is 0.533. The van der Waals surface area contributed by atoms with E-state index in [0.29, 0.717) is 5.56 Å². The van der Waals surface area contributed by atoms with E-state index < -0.39 is 11.4 Å². The van der Waals surface area contributed by atoms with Crippen LogP contribution < -0.4 is 4.72 Å². The third kappa shape index (κ3) is 4.51. The lowest BCUT2D eigenvalue weighted by Gasteiger charge is -2.27. The highest BCUT2D eigenvalue weighted by molar-refractivity contribution is 7.90. The summed E-state index contributed by atoms with van der Waals surface area (Å²) in [6.07, 6.45) is 0.784.